The number of benzene rings is 1. The van der Waals surface area contributed by atoms with E-state index in [0.717, 1.165) is 12.1 Å². The van der Waals surface area contributed by atoms with Crippen LogP contribution in [0.15, 0.2) is 30.7 Å². The van der Waals surface area contributed by atoms with Crippen LogP contribution in [0.1, 0.15) is 26.3 Å². The van der Waals surface area contributed by atoms with Gasteiger partial charge in [0.15, 0.2) is 0 Å². The number of carbonyl (C=O) groups is 1. The van der Waals surface area contributed by atoms with Crippen LogP contribution in [0.3, 0.4) is 0 Å². The van der Waals surface area contributed by atoms with Gasteiger partial charge < -0.3 is 9.72 Å². The van der Waals surface area contributed by atoms with Crippen molar-refractivity contribution in [3.63, 3.8) is 0 Å². The molecule has 1 amide bonds. The Balaban J connectivity index is 2.39. The monoisotopic (exact) mass is 327 g/mol. The van der Waals surface area contributed by atoms with Crippen molar-refractivity contribution in [3.05, 3.63) is 36.3 Å². The van der Waals surface area contributed by atoms with E-state index >= 15 is 0 Å². The zero-order valence-corrected chi connectivity index (χ0v) is 12.8. The first-order chi connectivity index (χ1) is 10.6. The predicted molar refractivity (Wildman–Crippen MR) is 78.9 cm³/mol. The first kappa shape index (κ1) is 16.9. The van der Waals surface area contributed by atoms with E-state index in [0.29, 0.717) is 11.3 Å². The SMILES string of the molecule is CC(C)(C)OC(=O)Nc1cc(C(F)(F)F)ccc1-c1cnc[nH]1. The number of H-pyrrole nitrogens is 1. The lowest BCUT2D eigenvalue weighted by Crippen LogP contribution is -2.27. The van der Waals surface area contributed by atoms with Crippen molar-refractivity contribution in [2.75, 3.05) is 5.32 Å². The Morgan fingerprint density at radius 3 is 2.48 bits per heavy atom. The summed E-state index contributed by atoms with van der Waals surface area (Å²) >= 11 is 0. The summed E-state index contributed by atoms with van der Waals surface area (Å²) in [5.41, 5.74) is -0.795. The molecular formula is C15H16F3N3O2. The number of carbonyl (C=O) groups excluding carboxylic acids is 1. The number of aromatic nitrogens is 2. The smallest absolute Gasteiger partial charge is 0.416 e. The largest absolute Gasteiger partial charge is 0.444 e. The van der Waals surface area contributed by atoms with Gasteiger partial charge in [-0.15, -0.1) is 0 Å². The van der Waals surface area contributed by atoms with Gasteiger partial charge >= 0.3 is 12.3 Å². The van der Waals surface area contributed by atoms with Gasteiger partial charge in [-0.2, -0.15) is 13.2 Å². The van der Waals surface area contributed by atoms with Gasteiger partial charge in [0.05, 0.1) is 29.5 Å². The van der Waals surface area contributed by atoms with Crippen LogP contribution in [0.5, 0.6) is 0 Å². The standard InChI is InChI=1S/C15H16F3N3O2/c1-14(2,3)23-13(22)21-11-6-9(15(16,17)18)4-5-10(11)12-7-19-8-20-12/h4-8H,1-3H3,(H,19,20)(H,21,22). The number of hydrogen-bond acceptors (Lipinski definition) is 3. The molecule has 0 fully saturated rings. The lowest BCUT2D eigenvalue weighted by Gasteiger charge is -2.21. The van der Waals surface area contributed by atoms with Gasteiger partial charge in [-0.25, -0.2) is 9.78 Å². The van der Waals surface area contributed by atoms with Crippen LogP contribution < -0.4 is 5.32 Å². The Bertz CT molecular complexity index is 689. The van der Waals surface area contributed by atoms with E-state index in [2.05, 4.69) is 15.3 Å². The van der Waals surface area contributed by atoms with Crippen LogP contribution in [-0.4, -0.2) is 21.7 Å². The normalized spacial score (nSPS) is 12.1. The van der Waals surface area contributed by atoms with Gasteiger partial charge in [-0.05, 0) is 32.9 Å². The molecule has 0 atom stereocenters. The fourth-order valence-corrected chi connectivity index (χ4v) is 1.88. The molecule has 0 spiro atoms. The number of anilines is 1. The number of imidazole rings is 1. The molecule has 1 aromatic carbocycles. The van der Waals surface area contributed by atoms with Crippen LogP contribution in [0, 0.1) is 0 Å². The zero-order valence-electron chi connectivity index (χ0n) is 12.8. The van der Waals surface area contributed by atoms with Crippen molar-refractivity contribution in [1.82, 2.24) is 9.97 Å². The summed E-state index contributed by atoms with van der Waals surface area (Å²) in [6, 6.07) is 3.07. The van der Waals surface area contributed by atoms with Crippen molar-refractivity contribution >= 4 is 11.8 Å². The highest BCUT2D eigenvalue weighted by atomic mass is 19.4. The van der Waals surface area contributed by atoms with Crippen molar-refractivity contribution in [2.24, 2.45) is 0 Å². The van der Waals surface area contributed by atoms with Gasteiger partial charge in [0.1, 0.15) is 5.60 Å². The number of rotatable bonds is 2. The third-order valence-corrected chi connectivity index (χ3v) is 2.77. The second-order valence-corrected chi connectivity index (χ2v) is 5.85. The number of nitrogens with one attached hydrogen (secondary N) is 2. The van der Waals surface area contributed by atoms with E-state index < -0.39 is 23.4 Å². The number of amides is 1. The fraction of sp³-hybridized carbons (Fsp3) is 0.333. The third-order valence-electron chi connectivity index (χ3n) is 2.77. The Labute approximate surface area is 130 Å². The number of alkyl halides is 3. The van der Waals surface area contributed by atoms with Crippen molar-refractivity contribution < 1.29 is 22.7 Å². The Morgan fingerprint density at radius 1 is 1.26 bits per heavy atom. The van der Waals surface area contributed by atoms with E-state index in [-0.39, 0.29) is 5.69 Å². The van der Waals surface area contributed by atoms with Gasteiger partial charge in [0.2, 0.25) is 0 Å². The first-order valence-electron chi connectivity index (χ1n) is 6.76. The van der Waals surface area contributed by atoms with Crippen LogP contribution in [0.2, 0.25) is 0 Å². The minimum absolute atomic E-state index is 0.0154. The maximum absolute atomic E-state index is 12.9. The minimum atomic E-state index is -4.52. The number of hydrogen-bond donors (Lipinski definition) is 2. The van der Waals surface area contributed by atoms with E-state index in [1.54, 1.807) is 20.8 Å². The Morgan fingerprint density at radius 2 is 1.96 bits per heavy atom. The van der Waals surface area contributed by atoms with Gasteiger partial charge in [0.25, 0.3) is 0 Å². The molecular weight excluding hydrogens is 311 g/mol. The van der Waals surface area contributed by atoms with Crippen molar-refractivity contribution in [2.45, 2.75) is 32.5 Å². The molecule has 5 nitrogen and oxygen atoms in total. The molecule has 0 aliphatic rings. The third kappa shape index (κ3) is 4.48. The fourth-order valence-electron chi connectivity index (χ4n) is 1.88. The highest BCUT2D eigenvalue weighted by Gasteiger charge is 2.31. The predicted octanol–water partition coefficient (Wildman–Crippen LogP) is 4.44. The van der Waals surface area contributed by atoms with E-state index in [1.807, 2.05) is 0 Å². The summed E-state index contributed by atoms with van der Waals surface area (Å²) < 4.78 is 43.7. The molecule has 0 saturated heterocycles. The molecule has 2 rings (SSSR count). The van der Waals surface area contributed by atoms with Crippen LogP contribution >= 0.6 is 0 Å². The van der Waals surface area contributed by atoms with Crippen LogP contribution in [0.4, 0.5) is 23.7 Å². The van der Waals surface area contributed by atoms with Gasteiger partial charge in [-0.3, -0.25) is 5.32 Å². The lowest BCUT2D eigenvalue weighted by atomic mass is 10.1. The molecule has 8 heteroatoms. The number of nitrogens with zero attached hydrogens (tertiary/aromatic N) is 1. The van der Waals surface area contributed by atoms with Crippen LogP contribution in [0.25, 0.3) is 11.3 Å². The average molecular weight is 327 g/mol. The summed E-state index contributed by atoms with van der Waals surface area (Å²) in [6.07, 6.45) is -2.51. The summed E-state index contributed by atoms with van der Waals surface area (Å²) in [6.45, 7) is 4.98. The molecule has 1 heterocycles. The quantitative estimate of drug-likeness (QED) is 0.857. The molecule has 0 saturated carbocycles. The molecule has 2 N–H and O–H groups in total. The van der Waals surface area contributed by atoms with E-state index in [1.165, 1.54) is 18.6 Å². The summed E-state index contributed by atoms with van der Waals surface area (Å²) in [7, 11) is 0. The molecule has 0 aliphatic heterocycles. The molecule has 23 heavy (non-hydrogen) atoms. The molecule has 1 aromatic heterocycles. The highest BCUT2D eigenvalue weighted by Crippen LogP contribution is 2.35. The Hall–Kier alpha value is -2.51. The second-order valence-electron chi connectivity index (χ2n) is 5.85. The van der Waals surface area contributed by atoms with E-state index in [9.17, 15) is 18.0 Å². The van der Waals surface area contributed by atoms with Gasteiger partial charge in [-0.1, -0.05) is 6.07 Å². The minimum Gasteiger partial charge on any atom is -0.444 e. The summed E-state index contributed by atoms with van der Waals surface area (Å²) in [5, 5.41) is 2.36. The lowest BCUT2D eigenvalue weighted by molar-refractivity contribution is -0.137. The number of halogens is 3. The molecule has 0 radical (unpaired) electrons. The molecule has 0 unspecified atom stereocenters. The van der Waals surface area contributed by atoms with Crippen molar-refractivity contribution in [3.8, 4) is 11.3 Å². The maximum Gasteiger partial charge on any atom is 0.416 e. The maximum atomic E-state index is 12.9. The topological polar surface area (TPSA) is 67.0 Å². The summed E-state index contributed by atoms with van der Waals surface area (Å²) in [4.78, 5) is 18.5. The molecule has 2 aromatic rings. The molecule has 0 bridgehead atoms. The van der Waals surface area contributed by atoms with Crippen molar-refractivity contribution in [1.29, 1.82) is 0 Å². The highest BCUT2D eigenvalue weighted by molar-refractivity contribution is 5.91. The Kier molecular flexibility index (Phi) is 4.35. The average Bonchev–Trinajstić information content (AvgIpc) is 2.88. The molecule has 124 valence electrons. The summed E-state index contributed by atoms with van der Waals surface area (Å²) in [5.74, 6) is 0. The number of ether oxygens (including phenoxy) is 1. The zero-order chi connectivity index (χ0) is 17.3. The second kappa shape index (κ2) is 5.94. The first-order valence-corrected chi connectivity index (χ1v) is 6.76. The van der Waals surface area contributed by atoms with Crippen LogP contribution in [-0.2, 0) is 10.9 Å². The van der Waals surface area contributed by atoms with Gasteiger partial charge in [0, 0.05) is 5.56 Å². The number of aromatic amines is 1. The van der Waals surface area contributed by atoms with E-state index in [4.69, 9.17) is 4.74 Å². The molecule has 0 aliphatic carbocycles.